The van der Waals surface area contributed by atoms with Gasteiger partial charge in [-0.05, 0) is 45.5 Å². The Labute approximate surface area is 102 Å². The van der Waals surface area contributed by atoms with Crippen LogP contribution in [0.5, 0.6) is 0 Å². The fraction of sp³-hybridized carbons (Fsp3) is 0.583. The molecule has 0 radical (unpaired) electrons. The number of nitrogens with two attached hydrogens (primary N) is 1. The number of nitrogens with one attached hydrogen (secondary N) is 2. The third kappa shape index (κ3) is 2.50. The molecule has 1 aliphatic rings. The molecular formula is C12H21N5. The molecule has 0 amide bonds. The minimum absolute atomic E-state index is 0.299. The summed E-state index contributed by atoms with van der Waals surface area (Å²) in [5, 5.41) is 3.40. The summed E-state index contributed by atoms with van der Waals surface area (Å²) in [4.78, 5) is 6.66. The van der Waals surface area contributed by atoms with E-state index in [4.69, 9.17) is 5.84 Å². The summed E-state index contributed by atoms with van der Waals surface area (Å²) in [7, 11) is 4.29. The molecule has 0 unspecified atom stereocenters. The molecule has 1 saturated carbocycles. The molecule has 2 rings (SSSR count). The van der Waals surface area contributed by atoms with Crippen LogP contribution in [0, 0.1) is 0 Å². The summed E-state index contributed by atoms with van der Waals surface area (Å²) < 4.78 is 0. The molecule has 5 heteroatoms. The number of nitrogen functional groups attached to an aromatic ring is 1. The maximum atomic E-state index is 5.34. The maximum Gasteiger partial charge on any atom is 0.142 e. The highest BCUT2D eigenvalue weighted by Gasteiger charge is 2.38. The number of anilines is 2. The molecular weight excluding hydrogens is 214 g/mol. The molecule has 94 valence electrons. The van der Waals surface area contributed by atoms with Crippen molar-refractivity contribution in [1.82, 2.24) is 9.88 Å². The SMILES string of the molecule is CN(C)C1(CNc2cccc(NN)n2)CCC1. The summed E-state index contributed by atoms with van der Waals surface area (Å²) in [5.74, 6) is 6.89. The molecule has 1 heterocycles. The summed E-state index contributed by atoms with van der Waals surface area (Å²) in [5.41, 5.74) is 2.85. The average Bonchev–Trinajstić information content (AvgIpc) is 2.27. The lowest BCUT2D eigenvalue weighted by Gasteiger charge is -2.47. The molecule has 1 aliphatic carbocycles. The van der Waals surface area contributed by atoms with E-state index in [-0.39, 0.29) is 0 Å². The van der Waals surface area contributed by atoms with Crippen LogP contribution >= 0.6 is 0 Å². The van der Waals surface area contributed by atoms with Gasteiger partial charge in [-0.1, -0.05) is 6.07 Å². The van der Waals surface area contributed by atoms with E-state index in [0.717, 1.165) is 12.4 Å². The van der Waals surface area contributed by atoms with Gasteiger partial charge in [0, 0.05) is 12.1 Å². The molecule has 1 fully saturated rings. The molecule has 5 nitrogen and oxygen atoms in total. The van der Waals surface area contributed by atoms with Crippen molar-refractivity contribution in [3.63, 3.8) is 0 Å². The zero-order valence-electron chi connectivity index (χ0n) is 10.5. The Morgan fingerprint density at radius 1 is 1.35 bits per heavy atom. The highest BCUT2D eigenvalue weighted by Crippen LogP contribution is 2.36. The van der Waals surface area contributed by atoms with Gasteiger partial charge in [-0.15, -0.1) is 0 Å². The lowest BCUT2D eigenvalue weighted by Crippen LogP contribution is -2.54. The van der Waals surface area contributed by atoms with Crippen molar-refractivity contribution in [1.29, 1.82) is 0 Å². The highest BCUT2D eigenvalue weighted by molar-refractivity contribution is 5.44. The van der Waals surface area contributed by atoms with E-state index in [1.54, 1.807) is 0 Å². The smallest absolute Gasteiger partial charge is 0.142 e. The minimum atomic E-state index is 0.299. The van der Waals surface area contributed by atoms with Gasteiger partial charge in [0.05, 0.1) is 0 Å². The van der Waals surface area contributed by atoms with Gasteiger partial charge in [-0.3, -0.25) is 0 Å². The maximum absolute atomic E-state index is 5.34. The number of likely N-dealkylation sites (N-methyl/N-ethyl adjacent to an activating group) is 1. The highest BCUT2D eigenvalue weighted by atomic mass is 15.3. The van der Waals surface area contributed by atoms with Gasteiger partial charge in [-0.2, -0.15) is 0 Å². The molecule has 0 atom stereocenters. The van der Waals surface area contributed by atoms with Crippen molar-refractivity contribution in [3.8, 4) is 0 Å². The van der Waals surface area contributed by atoms with Gasteiger partial charge >= 0.3 is 0 Å². The second kappa shape index (κ2) is 4.89. The molecule has 17 heavy (non-hydrogen) atoms. The molecule has 0 aliphatic heterocycles. The number of rotatable bonds is 5. The Hall–Kier alpha value is -1.33. The van der Waals surface area contributed by atoms with E-state index >= 15 is 0 Å². The first-order valence-electron chi connectivity index (χ1n) is 6.01. The van der Waals surface area contributed by atoms with E-state index in [0.29, 0.717) is 11.4 Å². The second-order valence-electron chi connectivity index (χ2n) is 4.88. The molecule has 4 N–H and O–H groups in total. The van der Waals surface area contributed by atoms with Gasteiger partial charge in [0.25, 0.3) is 0 Å². The Bertz CT molecular complexity index is 373. The largest absolute Gasteiger partial charge is 0.368 e. The Morgan fingerprint density at radius 2 is 2.06 bits per heavy atom. The van der Waals surface area contributed by atoms with E-state index in [2.05, 4.69) is 34.7 Å². The summed E-state index contributed by atoms with van der Waals surface area (Å²) in [6.45, 7) is 0.932. The van der Waals surface area contributed by atoms with E-state index in [1.807, 2.05) is 18.2 Å². The van der Waals surface area contributed by atoms with Crippen LogP contribution < -0.4 is 16.6 Å². The number of hydrogen-bond acceptors (Lipinski definition) is 5. The van der Waals surface area contributed by atoms with Crippen molar-refractivity contribution in [2.45, 2.75) is 24.8 Å². The standard InChI is InChI=1S/C12H21N5/c1-17(2)12(7-4-8-12)9-14-10-5-3-6-11(15-10)16-13/h3,5-6H,4,7-9,13H2,1-2H3,(H2,14,15,16). The lowest BCUT2D eigenvalue weighted by atomic mass is 9.75. The quantitative estimate of drug-likeness (QED) is 0.530. The van der Waals surface area contributed by atoms with Gasteiger partial charge in [0.15, 0.2) is 0 Å². The van der Waals surface area contributed by atoms with Crippen molar-refractivity contribution in [2.75, 3.05) is 31.4 Å². The molecule has 1 aromatic heterocycles. The van der Waals surface area contributed by atoms with Crippen LogP contribution in [0.25, 0.3) is 0 Å². The van der Waals surface area contributed by atoms with E-state index in [1.165, 1.54) is 19.3 Å². The zero-order chi connectivity index (χ0) is 12.3. The Kier molecular flexibility index (Phi) is 3.49. The topological polar surface area (TPSA) is 66.2 Å². The van der Waals surface area contributed by atoms with Gasteiger partial charge in [0.2, 0.25) is 0 Å². The molecule has 1 aromatic rings. The number of hydrogen-bond donors (Lipinski definition) is 3. The van der Waals surface area contributed by atoms with Crippen molar-refractivity contribution in [2.24, 2.45) is 5.84 Å². The number of pyridine rings is 1. The fourth-order valence-electron chi connectivity index (χ4n) is 2.24. The van der Waals surface area contributed by atoms with Crippen LogP contribution in [-0.4, -0.2) is 36.1 Å². The summed E-state index contributed by atoms with van der Waals surface area (Å²) >= 11 is 0. The van der Waals surface area contributed by atoms with Gasteiger partial charge in [0.1, 0.15) is 11.6 Å². The summed E-state index contributed by atoms with van der Waals surface area (Å²) in [6.07, 6.45) is 3.82. The third-order valence-electron chi connectivity index (χ3n) is 3.73. The van der Waals surface area contributed by atoms with Gasteiger partial charge < -0.3 is 15.6 Å². The second-order valence-corrected chi connectivity index (χ2v) is 4.88. The third-order valence-corrected chi connectivity index (χ3v) is 3.73. The fourth-order valence-corrected chi connectivity index (χ4v) is 2.24. The first-order chi connectivity index (χ1) is 8.16. The zero-order valence-corrected chi connectivity index (χ0v) is 10.5. The number of hydrazine groups is 1. The van der Waals surface area contributed by atoms with Crippen LogP contribution in [0.3, 0.4) is 0 Å². The number of aromatic nitrogens is 1. The van der Waals surface area contributed by atoms with Crippen molar-refractivity contribution >= 4 is 11.6 Å². The first kappa shape index (κ1) is 12.1. The Balaban J connectivity index is 1.97. The molecule has 0 aromatic carbocycles. The monoisotopic (exact) mass is 235 g/mol. The number of nitrogens with zero attached hydrogens (tertiary/aromatic N) is 2. The molecule has 0 saturated heterocycles. The molecule has 0 spiro atoms. The predicted octanol–water partition coefficient (Wildman–Crippen LogP) is 1.26. The lowest BCUT2D eigenvalue weighted by molar-refractivity contribution is 0.0738. The minimum Gasteiger partial charge on any atom is -0.368 e. The Morgan fingerprint density at radius 3 is 2.59 bits per heavy atom. The first-order valence-corrected chi connectivity index (χ1v) is 6.01. The van der Waals surface area contributed by atoms with Crippen LogP contribution in [0.4, 0.5) is 11.6 Å². The molecule has 0 bridgehead atoms. The van der Waals surface area contributed by atoms with Crippen LogP contribution in [0.1, 0.15) is 19.3 Å². The van der Waals surface area contributed by atoms with Crippen LogP contribution in [0.2, 0.25) is 0 Å². The average molecular weight is 235 g/mol. The predicted molar refractivity (Wildman–Crippen MR) is 70.8 cm³/mol. The van der Waals surface area contributed by atoms with Crippen molar-refractivity contribution < 1.29 is 0 Å². The summed E-state index contributed by atoms with van der Waals surface area (Å²) in [6, 6.07) is 5.74. The van der Waals surface area contributed by atoms with E-state index < -0.39 is 0 Å². The van der Waals surface area contributed by atoms with E-state index in [9.17, 15) is 0 Å². The van der Waals surface area contributed by atoms with Gasteiger partial charge in [-0.25, -0.2) is 10.8 Å². The van der Waals surface area contributed by atoms with Crippen molar-refractivity contribution in [3.05, 3.63) is 18.2 Å². The van der Waals surface area contributed by atoms with Crippen LogP contribution in [-0.2, 0) is 0 Å². The van der Waals surface area contributed by atoms with Crippen LogP contribution in [0.15, 0.2) is 18.2 Å². The normalized spacial score (nSPS) is 17.6.